The highest BCUT2D eigenvalue weighted by Crippen LogP contribution is 2.32. The van der Waals surface area contributed by atoms with Gasteiger partial charge in [-0.2, -0.15) is 0 Å². The molecule has 0 amide bonds. The van der Waals surface area contributed by atoms with Crippen LogP contribution in [0, 0.1) is 24.4 Å². The fourth-order valence-corrected chi connectivity index (χ4v) is 3.55. The van der Waals surface area contributed by atoms with Gasteiger partial charge in [0.15, 0.2) is 23.2 Å². The zero-order chi connectivity index (χ0) is 22.7. The van der Waals surface area contributed by atoms with Gasteiger partial charge in [0, 0.05) is 11.1 Å². The van der Waals surface area contributed by atoms with Crippen LogP contribution in [0.4, 0.5) is 13.2 Å². The summed E-state index contributed by atoms with van der Waals surface area (Å²) in [5.41, 5.74) is 4.35. The molecule has 0 bridgehead atoms. The van der Waals surface area contributed by atoms with Crippen LogP contribution in [-0.2, 0) is 13.0 Å². The molecule has 0 spiro atoms. The van der Waals surface area contributed by atoms with Gasteiger partial charge >= 0.3 is 0 Å². The molecule has 4 aromatic carbocycles. The lowest BCUT2D eigenvalue weighted by Crippen LogP contribution is -1.98. The minimum atomic E-state index is -0.884. The summed E-state index contributed by atoms with van der Waals surface area (Å²) in [7, 11) is 0. The normalized spacial score (nSPS) is 10.9. The zero-order valence-electron chi connectivity index (χ0n) is 18.0. The second-order valence-electron chi connectivity index (χ2n) is 7.76. The first-order chi connectivity index (χ1) is 15.5. The molecule has 0 radical (unpaired) electrons. The molecule has 4 heteroatoms. The second-order valence-corrected chi connectivity index (χ2v) is 7.76. The van der Waals surface area contributed by atoms with Gasteiger partial charge in [0.1, 0.15) is 6.61 Å². The van der Waals surface area contributed by atoms with Gasteiger partial charge in [0.05, 0.1) is 0 Å². The molecule has 0 N–H and O–H groups in total. The van der Waals surface area contributed by atoms with Gasteiger partial charge in [0.25, 0.3) is 0 Å². The summed E-state index contributed by atoms with van der Waals surface area (Å²) < 4.78 is 49.3. The van der Waals surface area contributed by atoms with Crippen molar-refractivity contribution in [2.75, 3.05) is 0 Å². The van der Waals surface area contributed by atoms with Gasteiger partial charge in [-0.25, -0.2) is 13.2 Å². The van der Waals surface area contributed by atoms with Gasteiger partial charge in [-0.1, -0.05) is 79.2 Å². The predicted molar refractivity (Wildman–Crippen MR) is 122 cm³/mol. The molecule has 32 heavy (non-hydrogen) atoms. The summed E-state index contributed by atoms with van der Waals surface area (Å²) in [6, 6.07) is 22.3. The third-order valence-corrected chi connectivity index (χ3v) is 5.51. The van der Waals surface area contributed by atoms with E-state index < -0.39 is 17.5 Å². The SMILES string of the molecule is CCc1ccc(OCc2ccc(-c3ccc(-c4ccc(C)cc4)c(F)c3F)cc2)c(F)c1. The Morgan fingerprint density at radius 2 is 1.19 bits per heavy atom. The molecule has 0 aliphatic rings. The van der Waals surface area contributed by atoms with Crippen LogP contribution in [0.3, 0.4) is 0 Å². The Labute approximate surface area is 186 Å². The highest BCUT2D eigenvalue weighted by molar-refractivity contribution is 5.72. The molecule has 1 nitrogen and oxygen atoms in total. The number of hydrogen-bond donors (Lipinski definition) is 0. The molecule has 0 saturated heterocycles. The molecular formula is C28H23F3O. The average Bonchev–Trinajstić information content (AvgIpc) is 2.81. The third kappa shape index (κ3) is 4.54. The standard InChI is InChI=1S/C28H23F3O/c1-3-19-8-15-26(25(29)16-19)32-17-20-6-11-22(12-7-20)24-14-13-23(27(30)28(24)31)21-9-4-18(2)5-10-21/h4-16H,3,17H2,1-2H3. The summed E-state index contributed by atoms with van der Waals surface area (Å²) in [5.74, 6) is -1.96. The van der Waals surface area contributed by atoms with Crippen LogP contribution in [0.25, 0.3) is 22.3 Å². The van der Waals surface area contributed by atoms with E-state index in [1.165, 1.54) is 6.07 Å². The Morgan fingerprint density at radius 1 is 0.656 bits per heavy atom. The minimum Gasteiger partial charge on any atom is -0.486 e. The Balaban J connectivity index is 1.51. The lowest BCUT2D eigenvalue weighted by molar-refractivity contribution is 0.290. The van der Waals surface area contributed by atoms with Crippen molar-refractivity contribution in [3.05, 3.63) is 113 Å². The maximum atomic E-state index is 14.8. The lowest BCUT2D eigenvalue weighted by Gasteiger charge is -2.11. The molecule has 162 valence electrons. The predicted octanol–water partition coefficient (Wildman–Crippen LogP) is 7.89. The van der Waals surface area contributed by atoms with Crippen LogP contribution in [0.15, 0.2) is 78.9 Å². The van der Waals surface area contributed by atoms with E-state index in [0.717, 1.165) is 23.1 Å². The molecule has 0 unspecified atom stereocenters. The summed E-state index contributed by atoms with van der Waals surface area (Å²) in [4.78, 5) is 0. The number of ether oxygens (including phenoxy) is 1. The zero-order valence-corrected chi connectivity index (χ0v) is 18.0. The number of hydrogen-bond acceptors (Lipinski definition) is 1. The van der Waals surface area contributed by atoms with Crippen LogP contribution < -0.4 is 4.74 Å². The first-order valence-electron chi connectivity index (χ1n) is 10.5. The molecule has 0 heterocycles. The summed E-state index contributed by atoms with van der Waals surface area (Å²) in [6.45, 7) is 4.07. The highest BCUT2D eigenvalue weighted by atomic mass is 19.2. The number of rotatable bonds is 6. The van der Waals surface area contributed by atoms with Crippen molar-refractivity contribution >= 4 is 0 Å². The highest BCUT2D eigenvalue weighted by Gasteiger charge is 2.16. The number of aryl methyl sites for hydroxylation is 2. The van der Waals surface area contributed by atoms with Crippen molar-refractivity contribution in [1.82, 2.24) is 0 Å². The molecule has 0 atom stereocenters. The van der Waals surface area contributed by atoms with E-state index in [2.05, 4.69) is 0 Å². The Morgan fingerprint density at radius 3 is 1.72 bits per heavy atom. The first kappa shape index (κ1) is 21.7. The van der Waals surface area contributed by atoms with Crippen molar-refractivity contribution in [1.29, 1.82) is 0 Å². The van der Waals surface area contributed by atoms with Crippen LogP contribution in [-0.4, -0.2) is 0 Å². The van der Waals surface area contributed by atoms with Crippen molar-refractivity contribution in [3.8, 4) is 28.0 Å². The van der Waals surface area contributed by atoms with E-state index in [0.29, 0.717) is 11.1 Å². The van der Waals surface area contributed by atoms with Crippen LogP contribution in [0.1, 0.15) is 23.6 Å². The largest absolute Gasteiger partial charge is 0.486 e. The fourth-order valence-electron chi connectivity index (χ4n) is 3.55. The van der Waals surface area contributed by atoms with E-state index in [4.69, 9.17) is 4.74 Å². The van der Waals surface area contributed by atoms with E-state index in [-0.39, 0.29) is 23.5 Å². The van der Waals surface area contributed by atoms with E-state index in [1.807, 2.05) is 32.0 Å². The maximum absolute atomic E-state index is 14.8. The summed E-state index contributed by atoms with van der Waals surface area (Å²) >= 11 is 0. The van der Waals surface area contributed by atoms with E-state index in [9.17, 15) is 13.2 Å². The molecular weight excluding hydrogens is 409 g/mol. The van der Waals surface area contributed by atoms with Gasteiger partial charge in [0.2, 0.25) is 0 Å². The molecule has 0 aromatic heterocycles. The molecule has 4 aromatic rings. The molecule has 0 aliphatic heterocycles. The molecule has 4 rings (SSSR count). The van der Waals surface area contributed by atoms with Gasteiger partial charge in [-0.3, -0.25) is 0 Å². The van der Waals surface area contributed by atoms with Crippen molar-refractivity contribution in [2.45, 2.75) is 26.9 Å². The Bertz CT molecular complexity index is 1230. The topological polar surface area (TPSA) is 9.23 Å². The number of halogens is 3. The van der Waals surface area contributed by atoms with E-state index in [1.54, 1.807) is 54.6 Å². The Hall–Kier alpha value is -3.53. The lowest BCUT2D eigenvalue weighted by atomic mass is 9.98. The van der Waals surface area contributed by atoms with E-state index >= 15 is 0 Å². The van der Waals surface area contributed by atoms with Crippen LogP contribution in [0.2, 0.25) is 0 Å². The quantitative estimate of drug-likeness (QED) is 0.301. The first-order valence-corrected chi connectivity index (χ1v) is 10.5. The average molecular weight is 432 g/mol. The van der Waals surface area contributed by atoms with Crippen molar-refractivity contribution in [3.63, 3.8) is 0 Å². The molecule has 0 fully saturated rings. The van der Waals surface area contributed by atoms with Crippen molar-refractivity contribution < 1.29 is 17.9 Å². The Kier molecular flexibility index (Phi) is 6.31. The van der Waals surface area contributed by atoms with Gasteiger partial charge in [-0.05, 0) is 47.7 Å². The maximum Gasteiger partial charge on any atom is 0.167 e. The summed E-state index contributed by atoms with van der Waals surface area (Å²) in [5, 5.41) is 0. The minimum absolute atomic E-state index is 0.172. The second kappa shape index (κ2) is 9.31. The van der Waals surface area contributed by atoms with Gasteiger partial charge in [-0.15, -0.1) is 0 Å². The molecule has 0 aliphatic carbocycles. The smallest absolute Gasteiger partial charge is 0.167 e. The third-order valence-electron chi connectivity index (χ3n) is 5.51. The fraction of sp³-hybridized carbons (Fsp3) is 0.143. The number of benzene rings is 4. The van der Waals surface area contributed by atoms with Crippen molar-refractivity contribution in [2.24, 2.45) is 0 Å². The van der Waals surface area contributed by atoms with Gasteiger partial charge < -0.3 is 4.74 Å². The van der Waals surface area contributed by atoms with Crippen LogP contribution in [0.5, 0.6) is 5.75 Å². The monoisotopic (exact) mass is 432 g/mol. The molecule has 0 saturated carbocycles. The van der Waals surface area contributed by atoms with Crippen LogP contribution >= 0.6 is 0 Å². The summed E-state index contributed by atoms with van der Waals surface area (Å²) in [6.07, 6.45) is 0.752.